The summed E-state index contributed by atoms with van der Waals surface area (Å²) in [5.74, 6) is 3.07. The van der Waals surface area contributed by atoms with Crippen LogP contribution in [0.5, 0.6) is 0 Å². The van der Waals surface area contributed by atoms with Crippen molar-refractivity contribution in [3.8, 4) is 0 Å². The van der Waals surface area contributed by atoms with Crippen LogP contribution in [0, 0.1) is 19.8 Å². The molecule has 132 valence electrons. The van der Waals surface area contributed by atoms with E-state index in [2.05, 4.69) is 39.5 Å². The second-order valence-electron chi connectivity index (χ2n) is 6.10. The summed E-state index contributed by atoms with van der Waals surface area (Å²) in [6.07, 6.45) is 2.57. The monoisotopic (exact) mass is 435 g/mol. The maximum atomic E-state index is 5.57. The fraction of sp³-hybridized carbons (Fsp3) is 0.750. The number of aryl methyl sites for hydroxylation is 2. The van der Waals surface area contributed by atoms with Gasteiger partial charge in [-0.15, -0.1) is 24.0 Å². The number of guanidine groups is 1. The van der Waals surface area contributed by atoms with Crippen molar-refractivity contribution in [3.63, 3.8) is 0 Å². The van der Waals surface area contributed by atoms with Crippen LogP contribution in [0.2, 0.25) is 0 Å². The molecule has 1 aromatic heterocycles. The normalized spacial score (nSPS) is 19.3. The largest absolute Gasteiger partial charge is 0.444 e. The van der Waals surface area contributed by atoms with Gasteiger partial charge in [-0.25, -0.2) is 9.98 Å². The quantitative estimate of drug-likeness (QED) is 0.422. The van der Waals surface area contributed by atoms with E-state index in [0.717, 1.165) is 37.0 Å². The predicted octanol–water partition coefficient (Wildman–Crippen LogP) is 2.31. The Bertz CT molecular complexity index is 483. The number of nitrogens with one attached hydrogen (secondary N) is 2. The van der Waals surface area contributed by atoms with Crippen LogP contribution in [0.1, 0.15) is 37.1 Å². The Morgan fingerprint density at radius 3 is 2.78 bits per heavy atom. The van der Waals surface area contributed by atoms with Gasteiger partial charge in [-0.1, -0.05) is 0 Å². The van der Waals surface area contributed by atoms with Gasteiger partial charge in [0.1, 0.15) is 12.3 Å². The molecule has 0 saturated carbocycles. The number of aliphatic imine (C=N–C) groups is 1. The molecule has 7 heteroatoms. The molecule has 1 aliphatic heterocycles. The number of aromatic nitrogens is 1. The summed E-state index contributed by atoms with van der Waals surface area (Å²) in [6, 6.07) is 0. The number of nitrogens with zero attached hydrogens (tertiary/aromatic N) is 3. The first-order valence-electron chi connectivity index (χ1n) is 8.22. The summed E-state index contributed by atoms with van der Waals surface area (Å²) in [5.41, 5.74) is 0.938. The molecule has 23 heavy (non-hydrogen) atoms. The van der Waals surface area contributed by atoms with Gasteiger partial charge in [-0.3, -0.25) is 0 Å². The molecule has 1 aromatic rings. The van der Waals surface area contributed by atoms with E-state index in [1.54, 1.807) is 0 Å². The van der Waals surface area contributed by atoms with E-state index in [4.69, 9.17) is 4.42 Å². The molecule has 2 rings (SSSR count). The summed E-state index contributed by atoms with van der Waals surface area (Å²) in [7, 11) is 2.19. The Kier molecular flexibility index (Phi) is 8.90. The highest BCUT2D eigenvalue weighted by atomic mass is 127. The standard InChI is InChI=1S/C16H29N5O.HI/c1-5-17-16(18-9-14-7-6-8-21(4)11-14)19-10-15-20-12(2)13(3)22-15;/h14H,5-11H2,1-4H3,(H2,17,18,19);1H. The van der Waals surface area contributed by atoms with Gasteiger partial charge >= 0.3 is 0 Å². The summed E-state index contributed by atoms with van der Waals surface area (Å²) >= 11 is 0. The van der Waals surface area contributed by atoms with Gasteiger partial charge in [0, 0.05) is 19.6 Å². The number of halogens is 1. The van der Waals surface area contributed by atoms with Crippen molar-refractivity contribution in [1.29, 1.82) is 0 Å². The topological polar surface area (TPSA) is 65.7 Å². The van der Waals surface area contributed by atoms with Gasteiger partial charge in [0.2, 0.25) is 5.89 Å². The lowest BCUT2D eigenvalue weighted by molar-refractivity contribution is 0.210. The lowest BCUT2D eigenvalue weighted by Gasteiger charge is -2.30. The molecule has 0 bridgehead atoms. The van der Waals surface area contributed by atoms with Crippen molar-refractivity contribution in [2.24, 2.45) is 10.9 Å². The van der Waals surface area contributed by atoms with Crippen LogP contribution in [0.25, 0.3) is 0 Å². The molecule has 0 spiro atoms. The van der Waals surface area contributed by atoms with Gasteiger partial charge in [0.05, 0.1) is 5.69 Å². The first kappa shape index (κ1) is 20.2. The third kappa shape index (κ3) is 6.66. The third-order valence-corrected chi connectivity index (χ3v) is 4.07. The molecule has 1 fully saturated rings. The summed E-state index contributed by atoms with van der Waals surface area (Å²) in [6.45, 7) is 10.6. The first-order chi connectivity index (χ1) is 10.6. The van der Waals surface area contributed by atoms with Crippen molar-refractivity contribution in [3.05, 3.63) is 17.3 Å². The van der Waals surface area contributed by atoms with E-state index in [9.17, 15) is 0 Å². The van der Waals surface area contributed by atoms with Crippen LogP contribution >= 0.6 is 24.0 Å². The number of piperidine rings is 1. The van der Waals surface area contributed by atoms with E-state index >= 15 is 0 Å². The highest BCUT2D eigenvalue weighted by molar-refractivity contribution is 14.0. The van der Waals surface area contributed by atoms with Gasteiger partial charge < -0.3 is 20.0 Å². The smallest absolute Gasteiger partial charge is 0.216 e. The zero-order valence-electron chi connectivity index (χ0n) is 14.7. The lowest BCUT2D eigenvalue weighted by atomic mass is 9.99. The molecule has 0 aliphatic carbocycles. The predicted molar refractivity (Wildman–Crippen MR) is 104 cm³/mol. The fourth-order valence-corrected chi connectivity index (χ4v) is 2.78. The fourth-order valence-electron chi connectivity index (χ4n) is 2.78. The maximum Gasteiger partial charge on any atom is 0.216 e. The minimum atomic E-state index is 0. The maximum absolute atomic E-state index is 5.57. The van der Waals surface area contributed by atoms with Crippen molar-refractivity contribution in [2.75, 3.05) is 33.2 Å². The minimum Gasteiger partial charge on any atom is -0.444 e. The number of oxazole rings is 1. The molecule has 6 nitrogen and oxygen atoms in total. The molecule has 1 saturated heterocycles. The van der Waals surface area contributed by atoms with Crippen LogP contribution in [0.15, 0.2) is 9.41 Å². The van der Waals surface area contributed by atoms with Crippen LogP contribution < -0.4 is 10.6 Å². The molecular weight excluding hydrogens is 405 g/mol. The van der Waals surface area contributed by atoms with Crippen LogP contribution in [0.4, 0.5) is 0 Å². The average molecular weight is 435 g/mol. The molecule has 1 unspecified atom stereocenters. The highest BCUT2D eigenvalue weighted by Gasteiger charge is 2.17. The summed E-state index contributed by atoms with van der Waals surface area (Å²) < 4.78 is 5.57. The van der Waals surface area contributed by atoms with Crippen LogP contribution in [0.3, 0.4) is 0 Å². The van der Waals surface area contributed by atoms with Gasteiger partial charge in [0.25, 0.3) is 0 Å². The first-order valence-corrected chi connectivity index (χ1v) is 8.22. The Labute approximate surface area is 156 Å². The number of rotatable bonds is 5. The van der Waals surface area contributed by atoms with Crippen LogP contribution in [-0.4, -0.2) is 49.1 Å². The Morgan fingerprint density at radius 1 is 1.39 bits per heavy atom. The molecule has 1 aliphatic rings. The van der Waals surface area contributed by atoms with Crippen LogP contribution in [-0.2, 0) is 6.54 Å². The second-order valence-corrected chi connectivity index (χ2v) is 6.10. The zero-order valence-corrected chi connectivity index (χ0v) is 17.0. The minimum absolute atomic E-state index is 0. The summed E-state index contributed by atoms with van der Waals surface area (Å²) in [4.78, 5) is 11.3. The number of likely N-dealkylation sites (tertiary alicyclic amines) is 1. The lowest BCUT2D eigenvalue weighted by Crippen LogP contribution is -2.43. The molecule has 0 radical (unpaired) electrons. The van der Waals surface area contributed by atoms with Crippen molar-refractivity contribution >= 4 is 29.9 Å². The van der Waals surface area contributed by atoms with Crippen molar-refractivity contribution in [1.82, 2.24) is 20.5 Å². The summed E-state index contributed by atoms with van der Waals surface area (Å²) in [5, 5.41) is 6.73. The van der Waals surface area contributed by atoms with E-state index in [-0.39, 0.29) is 24.0 Å². The molecule has 1 atom stereocenters. The SMILES string of the molecule is CCNC(=NCc1nc(C)c(C)o1)NCC1CCCN(C)C1.I. The van der Waals surface area contributed by atoms with Crippen molar-refractivity contribution in [2.45, 2.75) is 40.2 Å². The van der Waals surface area contributed by atoms with Gasteiger partial charge in [-0.05, 0) is 53.1 Å². The number of hydrogen-bond donors (Lipinski definition) is 2. The molecule has 0 amide bonds. The molecule has 2 N–H and O–H groups in total. The Hall–Kier alpha value is -0.830. The zero-order chi connectivity index (χ0) is 15.9. The second kappa shape index (κ2) is 10.1. The molecule has 2 heterocycles. The molecular formula is C16H30IN5O. The van der Waals surface area contributed by atoms with E-state index < -0.39 is 0 Å². The van der Waals surface area contributed by atoms with E-state index in [1.165, 1.54) is 19.4 Å². The number of hydrogen-bond acceptors (Lipinski definition) is 4. The van der Waals surface area contributed by atoms with Gasteiger partial charge in [0.15, 0.2) is 5.96 Å². The van der Waals surface area contributed by atoms with E-state index in [1.807, 2.05) is 13.8 Å². The van der Waals surface area contributed by atoms with Crippen molar-refractivity contribution < 1.29 is 4.42 Å². The Balaban J connectivity index is 0.00000264. The van der Waals surface area contributed by atoms with Gasteiger partial charge in [-0.2, -0.15) is 0 Å². The highest BCUT2D eigenvalue weighted by Crippen LogP contribution is 2.14. The van der Waals surface area contributed by atoms with E-state index in [0.29, 0.717) is 18.4 Å². The average Bonchev–Trinajstić information content (AvgIpc) is 2.81. The third-order valence-electron chi connectivity index (χ3n) is 4.07. The molecule has 0 aromatic carbocycles. The Morgan fingerprint density at radius 2 is 2.17 bits per heavy atom.